The highest BCUT2D eigenvalue weighted by atomic mass is 32.2. The van der Waals surface area contributed by atoms with Crippen LogP contribution < -0.4 is 4.90 Å². The van der Waals surface area contributed by atoms with E-state index in [0.29, 0.717) is 0 Å². The Balaban J connectivity index is 2.35. The third-order valence-corrected chi connectivity index (χ3v) is 4.24. The van der Waals surface area contributed by atoms with Crippen LogP contribution in [-0.4, -0.2) is 6.26 Å². The molecule has 0 atom stereocenters. The van der Waals surface area contributed by atoms with Gasteiger partial charge in [0, 0.05) is 23.0 Å². The maximum absolute atomic E-state index is 4.06. The van der Waals surface area contributed by atoms with Gasteiger partial charge >= 0.3 is 0 Å². The number of hydrogen-bond acceptors (Lipinski definition) is 2. The highest BCUT2D eigenvalue weighted by Gasteiger charge is 2.10. The molecule has 0 amide bonds. The molecule has 0 radical (unpaired) electrons. The fourth-order valence-electron chi connectivity index (χ4n) is 2.23. The van der Waals surface area contributed by atoms with Crippen LogP contribution in [0.1, 0.15) is 12.5 Å². The second kappa shape index (κ2) is 7.71. The summed E-state index contributed by atoms with van der Waals surface area (Å²) >= 11 is 1.71. The quantitative estimate of drug-likeness (QED) is 0.621. The molecule has 0 bridgehead atoms. The van der Waals surface area contributed by atoms with Crippen LogP contribution in [0, 0.1) is 0 Å². The molecule has 22 heavy (non-hydrogen) atoms. The molecule has 112 valence electrons. The zero-order chi connectivity index (χ0) is 15.9. The van der Waals surface area contributed by atoms with Gasteiger partial charge in [-0.05, 0) is 48.1 Å². The summed E-state index contributed by atoms with van der Waals surface area (Å²) in [5.41, 5.74) is 4.57. The lowest BCUT2D eigenvalue weighted by Gasteiger charge is -2.22. The fourth-order valence-corrected chi connectivity index (χ4v) is 2.78. The Morgan fingerprint density at radius 2 is 2.14 bits per heavy atom. The highest BCUT2D eigenvalue weighted by molar-refractivity contribution is 8.02. The van der Waals surface area contributed by atoms with E-state index in [4.69, 9.17) is 0 Å². The van der Waals surface area contributed by atoms with Crippen molar-refractivity contribution in [1.82, 2.24) is 0 Å². The average molecular weight is 307 g/mol. The Morgan fingerprint density at radius 3 is 2.82 bits per heavy atom. The second-order valence-corrected chi connectivity index (χ2v) is 5.68. The van der Waals surface area contributed by atoms with E-state index in [9.17, 15) is 0 Å². The number of allylic oxidation sites excluding steroid dienone is 7. The summed E-state index contributed by atoms with van der Waals surface area (Å²) in [4.78, 5) is 3.32. The van der Waals surface area contributed by atoms with Crippen LogP contribution in [0.4, 0.5) is 5.69 Å². The van der Waals surface area contributed by atoms with E-state index >= 15 is 0 Å². The fraction of sp³-hybridized carbons (Fsp3) is 0.100. The van der Waals surface area contributed by atoms with Crippen molar-refractivity contribution in [2.75, 3.05) is 11.2 Å². The van der Waals surface area contributed by atoms with Gasteiger partial charge in [-0.15, -0.1) is 11.8 Å². The van der Waals surface area contributed by atoms with Gasteiger partial charge in [-0.1, -0.05) is 49.6 Å². The molecular weight excluding hydrogens is 286 g/mol. The van der Waals surface area contributed by atoms with Crippen molar-refractivity contribution < 1.29 is 0 Å². The monoisotopic (exact) mass is 307 g/mol. The Bertz CT molecular complexity index is 689. The van der Waals surface area contributed by atoms with Crippen LogP contribution in [0.5, 0.6) is 0 Å². The van der Waals surface area contributed by atoms with E-state index in [0.717, 1.165) is 11.3 Å². The maximum atomic E-state index is 4.06. The predicted octanol–water partition coefficient (Wildman–Crippen LogP) is 5.93. The molecule has 1 heterocycles. The summed E-state index contributed by atoms with van der Waals surface area (Å²) in [5, 5.41) is 0. The molecule has 2 heteroatoms. The van der Waals surface area contributed by atoms with Crippen molar-refractivity contribution in [3.8, 4) is 0 Å². The van der Waals surface area contributed by atoms with Gasteiger partial charge in [-0.3, -0.25) is 0 Å². The number of hydrogen-bond donors (Lipinski definition) is 0. The summed E-state index contributed by atoms with van der Waals surface area (Å²) in [6, 6.07) is 8.51. The molecule has 1 aliphatic heterocycles. The Labute approximate surface area is 137 Å². The lowest BCUT2D eigenvalue weighted by Crippen LogP contribution is -2.11. The van der Waals surface area contributed by atoms with Crippen LogP contribution in [0.3, 0.4) is 0 Å². The number of rotatable bonds is 5. The van der Waals surface area contributed by atoms with E-state index in [1.807, 2.05) is 19.1 Å². The van der Waals surface area contributed by atoms with E-state index in [1.54, 1.807) is 17.8 Å². The Morgan fingerprint density at radius 1 is 1.32 bits per heavy atom. The minimum Gasteiger partial charge on any atom is -0.323 e. The van der Waals surface area contributed by atoms with Gasteiger partial charge in [0.25, 0.3) is 0 Å². The lowest BCUT2D eigenvalue weighted by atomic mass is 10.0. The summed E-state index contributed by atoms with van der Waals surface area (Å²) in [6.45, 7) is 9.83. The topological polar surface area (TPSA) is 3.24 Å². The third kappa shape index (κ3) is 3.71. The number of nitrogens with zero attached hydrogens (tertiary/aromatic N) is 1. The molecule has 1 nitrogen and oxygen atoms in total. The molecule has 0 N–H and O–H groups in total. The van der Waals surface area contributed by atoms with Crippen LogP contribution in [-0.2, 0) is 0 Å². The van der Waals surface area contributed by atoms with E-state index < -0.39 is 0 Å². The first-order chi connectivity index (χ1) is 10.7. The second-order valence-electron chi connectivity index (χ2n) is 4.83. The Kier molecular flexibility index (Phi) is 5.68. The summed E-state index contributed by atoms with van der Waals surface area (Å²) in [6.07, 6.45) is 16.2. The minimum atomic E-state index is 1.06. The maximum Gasteiger partial charge on any atom is 0.0455 e. The molecular formula is C20H21NS. The van der Waals surface area contributed by atoms with Gasteiger partial charge in [-0.25, -0.2) is 0 Å². The average Bonchev–Trinajstić information content (AvgIpc) is 2.56. The van der Waals surface area contributed by atoms with Crippen LogP contribution in [0.15, 0.2) is 90.7 Å². The molecule has 1 aromatic carbocycles. The van der Waals surface area contributed by atoms with Crippen molar-refractivity contribution in [1.29, 1.82) is 0 Å². The van der Waals surface area contributed by atoms with Gasteiger partial charge in [0.15, 0.2) is 0 Å². The van der Waals surface area contributed by atoms with Gasteiger partial charge in [0.2, 0.25) is 0 Å². The van der Waals surface area contributed by atoms with E-state index in [-0.39, 0.29) is 0 Å². The van der Waals surface area contributed by atoms with E-state index in [2.05, 4.69) is 73.1 Å². The third-order valence-electron chi connectivity index (χ3n) is 3.43. The van der Waals surface area contributed by atoms with Crippen molar-refractivity contribution in [2.24, 2.45) is 0 Å². The van der Waals surface area contributed by atoms with Gasteiger partial charge in [-0.2, -0.15) is 0 Å². The highest BCUT2D eigenvalue weighted by Crippen LogP contribution is 2.30. The first-order valence-electron chi connectivity index (χ1n) is 7.17. The molecule has 0 unspecified atom stereocenters. The van der Waals surface area contributed by atoms with Gasteiger partial charge in [0.05, 0.1) is 0 Å². The van der Waals surface area contributed by atoms with E-state index in [1.165, 1.54) is 16.0 Å². The zero-order valence-corrected chi connectivity index (χ0v) is 13.9. The molecule has 0 saturated carbocycles. The Hall–Kier alpha value is -2.19. The predicted molar refractivity (Wildman–Crippen MR) is 102 cm³/mol. The van der Waals surface area contributed by atoms with Gasteiger partial charge in [0.1, 0.15) is 0 Å². The molecule has 0 aliphatic carbocycles. The smallest absolute Gasteiger partial charge is 0.0455 e. The molecule has 1 aromatic rings. The molecule has 0 fully saturated rings. The van der Waals surface area contributed by atoms with Crippen molar-refractivity contribution in [2.45, 2.75) is 6.92 Å². The molecule has 2 rings (SSSR count). The zero-order valence-electron chi connectivity index (χ0n) is 13.1. The minimum absolute atomic E-state index is 1.06. The van der Waals surface area contributed by atoms with Gasteiger partial charge < -0.3 is 4.90 Å². The van der Waals surface area contributed by atoms with Crippen molar-refractivity contribution in [3.05, 3.63) is 96.2 Å². The van der Waals surface area contributed by atoms with Crippen LogP contribution in [0.25, 0.3) is 5.57 Å². The normalized spacial score (nSPS) is 15.4. The van der Waals surface area contributed by atoms with Crippen LogP contribution in [0.2, 0.25) is 0 Å². The summed E-state index contributed by atoms with van der Waals surface area (Å²) in [7, 11) is 0. The lowest BCUT2D eigenvalue weighted by molar-refractivity contribution is 1.24. The van der Waals surface area contributed by atoms with Crippen molar-refractivity contribution >= 4 is 23.0 Å². The molecule has 0 saturated heterocycles. The standard InChI is InChI=1S/C20H21NS/c1-5-7-9-17(6-2)18-10-8-11-19(14-18)21-13-12-16(3)20(15-21)22-4/h5-15H,1,3H2,2,4H3/b9-7-,17-6+. The summed E-state index contributed by atoms with van der Waals surface area (Å²) in [5.74, 6) is 0. The molecule has 1 aliphatic rings. The van der Waals surface area contributed by atoms with Crippen molar-refractivity contribution in [3.63, 3.8) is 0 Å². The first kappa shape index (κ1) is 16.2. The number of benzene rings is 1. The number of thioether (sulfide) groups is 1. The largest absolute Gasteiger partial charge is 0.323 e. The first-order valence-corrected chi connectivity index (χ1v) is 8.39. The SMILES string of the molecule is C=C/C=C\C(=C/C)c1cccc(N2C=CC(=C)C(SC)=C2)c1. The molecule has 0 spiro atoms. The molecule has 0 aromatic heterocycles. The summed E-state index contributed by atoms with van der Waals surface area (Å²) < 4.78 is 0. The van der Waals surface area contributed by atoms with Crippen LogP contribution >= 0.6 is 11.8 Å². The number of anilines is 1.